The van der Waals surface area contributed by atoms with Gasteiger partial charge in [-0.2, -0.15) is 0 Å². The van der Waals surface area contributed by atoms with Crippen molar-refractivity contribution in [2.24, 2.45) is 0 Å². The lowest BCUT2D eigenvalue weighted by molar-refractivity contribution is -0.116. The molecule has 3 rings (SSSR count). The lowest BCUT2D eigenvalue weighted by Crippen LogP contribution is -2.35. The number of nitrogens with zero attached hydrogens (tertiary/aromatic N) is 1. The van der Waals surface area contributed by atoms with Gasteiger partial charge in [-0.3, -0.25) is 14.4 Å². The van der Waals surface area contributed by atoms with E-state index in [4.69, 9.17) is 4.42 Å². The summed E-state index contributed by atoms with van der Waals surface area (Å²) in [6, 6.07) is 19.7. The highest BCUT2D eigenvalue weighted by Gasteiger charge is 2.18. The standard InChI is InChI=1S/C23H23N3O4/c1-26(23(29)20-12-7-15-30-20)16-21(27)25-19-11-6-5-10-18(19)22(28)24-14-13-17-8-3-2-4-9-17/h2-12,15H,13-14,16H2,1H3,(H,24,28)(H,25,27). The van der Waals surface area contributed by atoms with Crippen molar-refractivity contribution in [2.45, 2.75) is 6.42 Å². The van der Waals surface area contributed by atoms with Crippen molar-refractivity contribution >= 4 is 23.4 Å². The molecule has 0 fully saturated rings. The molecular weight excluding hydrogens is 382 g/mol. The first-order chi connectivity index (χ1) is 14.5. The van der Waals surface area contributed by atoms with Gasteiger partial charge in [0.15, 0.2) is 5.76 Å². The largest absolute Gasteiger partial charge is 0.459 e. The quantitative estimate of drug-likeness (QED) is 0.603. The average Bonchev–Trinajstić information content (AvgIpc) is 3.29. The van der Waals surface area contributed by atoms with Crippen LogP contribution < -0.4 is 10.6 Å². The van der Waals surface area contributed by atoms with E-state index in [1.54, 1.807) is 30.3 Å². The Morgan fingerprint density at radius 2 is 1.67 bits per heavy atom. The van der Waals surface area contributed by atoms with E-state index in [2.05, 4.69) is 10.6 Å². The zero-order chi connectivity index (χ0) is 21.3. The number of carbonyl (C=O) groups is 3. The predicted molar refractivity (Wildman–Crippen MR) is 113 cm³/mol. The molecule has 0 atom stereocenters. The van der Waals surface area contributed by atoms with Crippen LogP contribution in [0.2, 0.25) is 0 Å². The van der Waals surface area contributed by atoms with Gasteiger partial charge in [0.05, 0.1) is 24.1 Å². The van der Waals surface area contributed by atoms with Crippen LogP contribution in [0, 0.1) is 0 Å². The molecule has 0 unspecified atom stereocenters. The van der Waals surface area contributed by atoms with Gasteiger partial charge in [-0.25, -0.2) is 0 Å². The Bertz CT molecular complexity index is 1000. The third kappa shape index (κ3) is 5.57. The van der Waals surface area contributed by atoms with Crippen LogP contribution in [0.3, 0.4) is 0 Å². The Kier molecular flexibility index (Phi) is 7.00. The summed E-state index contributed by atoms with van der Waals surface area (Å²) in [5.74, 6) is -0.936. The van der Waals surface area contributed by atoms with E-state index in [9.17, 15) is 14.4 Å². The van der Waals surface area contributed by atoms with Gasteiger partial charge in [0.1, 0.15) is 0 Å². The molecule has 2 aromatic carbocycles. The zero-order valence-electron chi connectivity index (χ0n) is 16.6. The minimum atomic E-state index is -0.415. The summed E-state index contributed by atoms with van der Waals surface area (Å²) in [7, 11) is 1.51. The first kappa shape index (κ1) is 20.9. The van der Waals surface area contributed by atoms with Crippen LogP contribution in [-0.2, 0) is 11.2 Å². The molecule has 2 N–H and O–H groups in total. The van der Waals surface area contributed by atoms with Gasteiger partial charge >= 0.3 is 0 Å². The number of nitrogens with one attached hydrogen (secondary N) is 2. The molecule has 1 aromatic heterocycles. The normalized spacial score (nSPS) is 10.3. The summed E-state index contributed by atoms with van der Waals surface area (Å²) in [5, 5.41) is 5.58. The van der Waals surface area contributed by atoms with E-state index < -0.39 is 11.8 Å². The van der Waals surface area contributed by atoms with E-state index in [-0.39, 0.29) is 18.2 Å². The van der Waals surface area contributed by atoms with Crippen molar-refractivity contribution in [3.63, 3.8) is 0 Å². The van der Waals surface area contributed by atoms with Gasteiger partial charge in [-0.1, -0.05) is 42.5 Å². The second-order valence-corrected chi connectivity index (χ2v) is 6.72. The molecule has 0 bridgehead atoms. The monoisotopic (exact) mass is 405 g/mol. The Balaban J connectivity index is 1.56. The topological polar surface area (TPSA) is 91.7 Å². The minimum absolute atomic E-state index is 0.156. The SMILES string of the molecule is CN(CC(=O)Nc1ccccc1C(=O)NCCc1ccccc1)C(=O)c1ccco1. The number of rotatable bonds is 8. The van der Waals surface area contributed by atoms with Crippen LogP contribution >= 0.6 is 0 Å². The van der Waals surface area contributed by atoms with Crippen LogP contribution in [0.25, 0.3) is 0 Å². The lowest BCUT2D eigenvalue weighted by Gasteiger charge is -2.16. The molecule has 3 aromatic rings. The molecule has 0 aliphatic rings. The zero-order valence-corrected chi connectivity index (χ0v) is 16.6. The number of hydrogen-bond acceptors (Lipinski definition) is 4. The third-order valence-corrected chi connectivity index (χ3v) is 4.45. The molecule has 3 amide bonds. The third-order valence-electron chi connectivity index (χ3n) is 4.45. The van der Waals surface area contributed by atoms with Gasteiger partial charge in [-0.05, 0) is 36.2 Å². The van der Waals surface area contributed by atoms with Crippen molar-refractivity contribution < 1.29 is 18.8 Å². The molecule has 0 saturated heterocycles. The molecule has 7 nitrogen and oxygen atoms in total. The van der Waals surface area contributed by atoms with Gasteiger partial charge in [-0.15, -0.1) is 0 Å². The highest BCUT2D eigenvalue weighted by atomic mass is 16.3. The maximum atomic E-state index is 12.6. The first-order valence-electron chi connectivity index (χ1n) is 9.54. The Hall–Kier alpha value is -3.87. The van der Waals surface area contributed by atoms with Crippen molar-refractivity contribution in [3.8, 4) is 0 Å². The maximum absolute atomic E-state index is 12.6. The summed E-state index contributed by atoms with van der Waals surface area (Å²) in [4.78, 5) is 38.4. The lowest BCUT2D eigenvalue weighted by atomic mass is 10.1. The van der Waals surface area contributed by atoms with Gasteiger partial charge in [0.2, 0.25) is 5.91 Å². The molecule has 0 aliphatic carbocycles. The summed E-state index contributed by atoms with van der Waals surface area (Å²) in [6.07, 6.45) is 2.11. The second kappa shape index (κ2) is 10.1. The van der Waals surface area contributed by atoms with Crippen molar-refractivity contribution in [3.05, 3.63) is 89.9 Å². The molecule has 0 saturated carbocycles. The molecular formula is C23H23N3O4. The van der Waals surface area contributed by atoms with Crippen molar-refractivity contribution in [2.75, 3.05) is 25.5 Å². The number of furan rings is 1. The summed E-state index contributed by atoms with van der Waals surface area (Å²) < 4.78 is 5.06. The number of hydrogen-bond donors (Lipinski definition) is 2. The van der Waals surface area contributed by atoms with Gasteiger partial charge in [0.25, 0.3) is 11.8 Å². The minimum Gasteiger partial charge on any atom is -0.459 e. The van der Waals surface area contributed by atoms with E-state index in [0.29, 0.717) is 24.2 Å². The molecule has 154 valence electrons. The number of para-hydroxylation sites is 1. The maximum Gasteiger partial charge on any atom is 0.289 e. The highest BCUT2D eigenvalue weighted by molar-refractivity contribution is 6.05. The van der Waals surface area contributed by atoms with Crippen LogP contribution in [0.5, 0.6) is 0 Å². The van der Waals surface area contributed by atoms with Crippen LogP contribution in [0.15, 0.2) is 77.4 Å². The molecule has 7 heteroatoms. The van der Waals surface area contributed by atoms with E-state index in [1.807, 2.05) is 30.3 Å². The van der Waals surface area contributed by atoms with Crippen LogP contribution in [-0.4, -0.2) is 42.8 Å². The average molecular weight is 405 g/mol. The fourth-order valence-electron chi connectivity index (χ4n) is 2.92. The number of amides is 3. The van der Waals surface area contributed by atoms with Crippen molar-refractivity contribution in [1.29, 1.82) is 0 Å². The van der Waals surface area contributed by atoms with Gasteiger partial charge in [0, 0.05) is 13.6 Å². The summed E-state index contributed by atoms with van der Waals surface area (Å²) >= 11 is 0. The van der Waals surface area contributed by atoms with Crippen LogP contribution in [0.1, 0.15) is 26.5 Å². The van der Waals surface area contributed by atoms with Crippen LogP contribution in [0.4, 0.5) is 5.69 Å². The van der Waals surface area contributed by atoms with Crippen molar-refractivity contribution in [1.82, 2.24) is 10.2 Å². The number of anilines is 1. The number of likely N-dealkylation sites (N-methyl/N-ethyl adjacent to an activating group) is 1. The molecule has 30 heavy (non-hydrogen) atoms. The van der Waals surface area contributed by atoms with Gasteiger partial charge < -0.3 is 20.0 Å². The summed E-state index contributed by atoms with van der Waals surface area (Å²) in [5.41, 5.74) is 1.88. The van der Waals surface area contributed by atoms with E-state index in [0.717, 1.165) is 5.56 Å². The second-order valence-electron chi connectivity index (χ2n) is 6.72. The molecule has 0 aliphatic heterocycles. The number of carbonyl (C=O) groups excluding carboxylic acids is 3. The Labute approximate surface area is 174 Å². The molecule has 1 heterocycles. The smallest absolute Gasteiger partial charge is 0.289 e. The van der Waals surface area contributed by atoms with E-state index >= 15 is 0 Å². The fourth-order valence-corrected chi connectivity index (χ4v) is 2.92. The van der Waals surface area contributed by atoms with E-state index in [1.165, 1.54) is 24.3 Å². The first-order valence-corrected chi connectivity index (χ1v) is 9.54. The Morgan fingerprint density at radius 1 is 0.933 bits per heavy atom. The Morgan fingerprint density at radius 3 is 2.40 bits per heavy atom. The molecule has 0 radical (unpaired) electrons. The molecule has 0 spiro atoms. The number of benzene rings is 2. The predicted octanol–water partition coefficient (Wildman–Crippen LogP) is 2.96. The highest BCUT2D eigenvalue weighted by Crippen LogP contribution is 2.15. The fraction of sp³-hybridized carbons (Fsp3) is 0.174. The summed E-state index contributed by atoms with van der Waals surface area (Å²) in [6.45, 7) is 0.301.